The molecule has 0 aliphatic rings. The van der Waals surface area contributed by atoms with Crippen LogP contribution in [0, 0.1) is 0 Å². The van der Waals surface area contributed by atoms with Crippen LogP contribution in [0.5, 0.6) is 0 Å². The Balaban J connectivity index is 0.00000208. The zero-order valence-corrected chi connectivity index (χ0v) is 14.8. The Kier molecular flexibility index (Phi) is 6.64. The van der Waals surface area contributed by atoms with Gasteiger partial charge in [-0.15, -0.1) is 0 Å². The molecule has 0 aliphatic heterocycles. The first-order valence-electron chi connectivity index (χ1n) is 7.64. The van der Waals surface area contributed by atoms with Crippen molar-refractivity contribution in [2.45, 2.75) is 6.54 Å². The van der Waals surface area contributed by atoms with Crippen molar-refractivity contribution in [3.05, 3.63) is 108 Å². The van der Waals surface area contributed by atoms with Gasteiger partial charge in [0.25, 0.3) is 11.5 Å². The second kappa shape index (κ2) is 8.94. The van der Waals surface area contributed by atoms with E-state index in [1.807, 2.05) is 77.5 Å². The smallest absolute Gasteiger partial charge is 0.256 e. The van der Waals surface area contributed by atoms with Crippen LogP contribution in [0.2, 0.25) is 0 Å². The number of halogens is 1. The van der Waals surface area contributed by atoms with Crippen LogP contribution in [0.15, 0.2) is 91.1 Å². The summed E-state index contributed by atoms with van der Waals surface area (Å²) in [6.45, 7) is 0.656. The molecule has 0 aliphatic carbocycles. The molecule has 24 heavy (non-hydrogen) atoms. The first-order valence-corrected chi connectivity index (χ1v) is 7.64. The number of carbonyl (C=O) groups excluding carboxylic acids is 1. The zero-order chi connectivity index (χ0) is 15.9. The van der Waals surface area contributed by atoms with Crippen LogP contribution >= 0.6 is 0 Å². The minimum absolute atomic E-state index is 0. The van der Waals surface area contributed by atoms with Crippen LogP contribution in [-0.2, 0) is 6.54 Å². The molecule has 2 aromatic carbocycles. The number of aromatic nitrogens is 1. The Morgan fingerprint density at radius 2 is 1.46 bits per heavy atom. The monoisotopic (exact) mass is 379 g/mol. The fraction of sp³-hybridized carbons (Fsp3) is 0.0476. The van der Waals surface area contributed by atoms with E-state index < -0.39 is 0 Å². The molecular weight excluding hydrogens is 362 g/mol. The molecule has 1 aromatic heterocycles. The molecule has 0 saturated heterocycles. The van der Waals surface area contributed by atoms with Gasteiger partial charge in [-0.1, -0.05) is 66.7 Å². The molecular formula is C21H18BrNO. The first-order chi connectivity index (χ1) is 11.3. The predicted molar refractivity (Wildman–Crippen MR) is 92.0 cm³/mol. The molecule has 0 saturated carbocycles. The first kappa shape index (κ1) is 17.8. The number of rotatable bonds is 5. The molecule has 3 rings (SSSR count). The number of hydrogen-bond acceptors (Lipinski definition) is 1. The third-order valence-corrected chi connectivity index (χ3v) is 3.62. The Morgan fingerprint density at radius 3 is 2.17 bits per heavy atom. The maximum atomic E-state index is 12.7. The highest BCUT2D eigenvalue weighted by Gasteiger charge is 2.18. The molecule has 0 bridgehead atoms. The van der Waals surface area contributed by atoms with Crippen molar-refractivity contribution in [2.75, 3.05) is 0 Å². The van der Waals surface area contributed by atoms with Crippen molar-refractivity contribution in [3.63, 3.8) is 0 Å². The van der Waals surface area contributed by atoms with E-state index in [2.05, 4.69) is 24.3 Å². The number of hydrogen-bond donors (Lipinski definition) is 0. The Labute approximate surface area is 152 Å². The van der Waals surface area contributed by atoms with Crippen LogP contribution in [0.1, 0.15) is 21.6 Å². The van der Waals surface area contributed by atoms with E-state index in [0.717, 1.165) is 5.56 Å². The van der Waals surface area contributed by atoms with Crippen LogP contribution in [0.25, 0.3) is 6.08 Å². The molecule has 3 heteroatoms. The van der Waals surface area contributed by atoms with Crippen molar-refractivity contribution < 1.29 is 26.3 Å². The average Bonchev–Trinajstić information content (AvgIpc) is 2.63. The van der Waals surface area contributed by atoms with Gasteiger partial charge < -0.3 is 17.0 Å². The normalized spacial score (nSPS) is 10.3. The van der Waals surface area contributed by atoms with Gasteiger partial charge in [-0.25, -0.2) is 0 Å². The Hall–Kier alpha value is -2.52. The molecule has 0 radical (unpaired) electrons. The van der Waals surface area contributed by atoms with Gasteiger partial charge in [-0.2, -0.15) is 4.57 Å². The SMILES string of the molecule is O=C(c1ccccc1)c1cccc[n+]1CC=Cc1ccccc1.[Br-]. The van der Waals surface area contributed by atoms with E-state index in [-0.39, 0.29) is 22.8 Å². The van der Waals surface area contributed by atoms with E-state index in [9.17, 15) is 4.79 Å². The molecule has 120 valence electrons. The highest BCUT2D eigenvalue weighted by Crippen LogP contribution is 2.06. The van der Waals surface area contributed by atoms with Crippen molar-refractivity contribution in [1.29, 1.82) is 0 Å². The Morgan fingerprint density at radius 1 is 0.833 bits per heavy atom. The van der Waals surface area contributed by atoms with Crippen molar-refractivity contribution >= 4 is 11.9 Å². The number of benzene rings is 2. The molecule has 2 nitrogen and oxygen atoms in total. The highest BCUT2D eigenvalue weighted by atomic mass is 79.9. The van der Waals surface area contributed by atoms with Gasteiger partial charge in [-0.3, -0.25) is 4.79 Å². The summed E-state index contributed by atoms with van der Waals surface area (Å²) in [6, 6.07) is 25.2. The lowest BCUT2D eigenvalue weighted by molar-refractivity contribution is -0.688. The van der Waals surface area contributed by atoms with Gasteiger partial charge in [0.15, 0.2) is 12.7 Å². The largest absolute Gasteiger partial charge is 1.00 e. The molecule has 0 unspecified atom stereocenters. The van der Waals surface area contributed by atoms with Gasteiger partial charge in [0.05, 0.1) is 0 Å². The number of allylic oxidation sites excluding steroid dienone is 1. The van der Waals surface area contributed by atoms with Gasteiger partial charge in [0.2, 0.25) is 0 Å². The molecule has 0 atom stereocenters. The molecule has 1 heterocycles. The maximum absolute atomic E-state index is 12.7. The van der Waals surface area contributed by atoms with E-state index in [1.165, 1.54) is 0 Å². The Bertz CT molecular complexity index is 814. The van der Waals surface area contributed by atoms with Crippen molar-refractivity contribution in [3.8, 4) is 0 Å². The summed E-state index contributed by atoms with van der Waals surface area (Å²) >= 11 is 0. The summed E-state index contributed by atoms with van der Waals surface area (Å²) in [5.74, 6) is 0.0410. The van der Waals surface area contributed by atoms with Gasteiger partial charge in [-0.05, 0) is 17.7 Å². The number of nitrogens with zero attached hydrogens (tertiary/aromatic N) is 1. The summed E-state index contributed by atoms with van der Waals surface area (Å²) in [5.41, 5.74) is 2.55. The maximum Gasteiger partial charge on any atom is 0.256 e. The standard InChI is InChI=1S/C21H18NO.BrH/c23-21(19-13-5-2-6-14-19)20-15-7-8-16-22(20)17-9-12-18-10-3-1-4-11-18;/h1-16H,17H2;1H/q+1;/p-1. The third kappa shape index (κ3) is 4.49. The van der Waals surface area contributed by atoms with Crippen LogP contribution in [0.3, 0.4) is 0 Å². The summed E-state index contributed by atoms with van der Waals surface area (Å²) in [4.78, 5) is 12.7. The second-order valence-electron chi connectivity index (χ2n) is 5.25. The molecule has 0 amide bonds. The average molecular weight is 380 g/mol. The van der Waals surface area contributed by atoms with Crippen LogP contribution in [0.4, 0.5) is 0 Å². The van der Waals surface area contributed by atoms with Crippen molar-refractivity contribution in [2.24, 2.45) is 0 Å². The lowest BCUT2D eigenvalue weighted by Crippen LogP contribution is -3.00. The predicted octanol–water partition coefficient (Wildman–Crippen LogP) is 0.922. The fourth-order valence-corrected chi connectivity index (χ4v) is 2.45. The van der Waals surface area contributed by atoms with Gasteiger partial charge >= 0.3 is 0 Å². The molecule has 3 aromatic rings. The minimum Gasteiger partial charge on any atom is -1.00 e. The zero-order valence-electron chi connectivity index (χ0n) is 13.2. The summed E-state index contributed by atoms with van der Waals surface area (Å²) in [6.07, 6.45) is 6.07. The third-order valence-electron chi connectivity index (χ3n) is 3.62. The lowest BCUT2D eigenvalue weighted by Gasteiger charge is -2.01. The summed E-state index contributed by atoms with van der Waals surface area (Å²) < 4.78 is 1.97. The molecule has 0 fully saturated rings. The van der Waals surface area contributed by atoms with E-state index in [0.29, 0.717) is 17.8 Å². The highest BCUT2D eigenvalue weighted by molar-refractivity contribution is 6.06. The number of carbonyl (C=O) groups is 1. The minimum atomic E-state index is 0. The number of ketones is 1. The van der Waals surface area contributed by atoms with Gasteiger partial charge in [0, 0.05) is 17.7 Å². The van der Waals surface area contributed by atoms with E-state index in [1.54, 1.807) is 0 Å². The number of pyridine rings is 1. The van der Waals surface area contributed by atoms with Crippen LogP contribution in [-0.4, -0.2) is 5.78 Å². The second-order valence-corrected chi connectivity index (χ2v) is 5.25. The quantitative estimate of drug-likeness (QED) is 0.477. The van der Waals surface area contributed by atoms with Gasteiger partial charge in [0.1, 0.15) is 0 Å². The molecule has 0 N–H and O–H groups in total. The summed E-state index contributed by atoms with van der Waals surface area (Å²) in [5, 5.41) is 0. The summed E-state index contributed by atoms with van der Waals surface area (Å²) in [7, 11) is 0. The lowest BCUT2D eigenvalue weighted by atomic mass is 10.1. The van der Waals surface area contributed by atoms with E-state index in [4.69, 9.17) is 0 Å². The van der Waals surface area contributed by atoms with Crippen molar-refractivity contribution in [1.82, 2.24) is 0 Å². The fourth-order valence-electron chi connectivity index (χ4n) is 2.45. The topological polar surface area (TPSA) is 20.9 Å². The van der Waals surface area contributed by atoms with Crippen LogP contribution < -0.4 is 21.5 Å². The molecule has 0 spiro atoms. The van der Waals surface area contributed by atoms with E-state index >= 15 is 0 Å².